The molecule has 0 aliphatic heterocycles. The van der Waals surface area contributed by atoms with Gasteiger partial charge in [0.15, 0.2) is 5.78 Å². The molecule has 1 aromatic heterocycles. The van der Waals surface area contributed by atoms with Gasteiger partial charge in [0.2, 0.25) is 21.8 Å². The molecule has 2 aromatic carbocycles. The SMILES string of the molecule is C=C(CNC(=O)CS)NCC(=O)NCC(=O)C(NCCCCCNCCCCCO)c1cc(-c2ccc(C)cc2)n(-c2ccc(S(N)(=O)=O)cc2)n1. The molecule has 0 saturated carbocycles. The second-order valence-electron chi connectivity index (χ2n) is 12.4. The number of sulfonamides is 1. The number of primary sulfonamides is 1. The number of hydrogen-bond donors (Lipinski definition) is 8. The Labute approximate surface area is 311 Å². The van der Waals surface area contributed by atoms with Gasteiger partial charge in [0.05, 0.1) is 47.4 Å². The van der Waals surface area contributed by atoms with E-state index in [1.54, 1.807) is 16.8 Å². The fraction of sp³-hybridized carbons (Fsp3) is 0.444. The van der Waals surface area contributed by atoms with E-state index in [9.17, 15) is 22.8 Å². The monoisotopic (exact) mass is 756 g/mol. The van der Waals surface area contributed by atoms with Crippen LogP contribution in [0.25, 0.3) is 16.9 Å². The number of nitrogens with one attached hydrogen (secondary N) is 5. The highest BCUT2D eigenvalue weighted by molar-refractivity contribution is 7.89. The molecule has 8 N–H and O–H groups in total. The number of ketones is 1. The predicted octanol–water partition coefficient (Wildman–Crippen LogP) is 1.88. The van der Waals surface area contributed by atoms with Gasteiger partial charge in [-0.05, 0) is 89.0 Å². The molecule has 0 aliphatic carbocycles. The van der Waals surface area contributed by atoms with Crippen molar-refractivity contribution in [1.29, 1.82) is 0 Å². The molecule has 0 aliphatic rings. The van der Waals surface area contributed by atoms with Gasteiger partial charge in [-0.15, -0.1) is 0 Å². The lowest BCUT2D eigenvalue weighted by Gasteiger charge is -2.17. The summed E-state index contributed by atoms with van der Waals surface area (Å²) in [5.41, 5.74) is 4.00. The number of unbranched alkanes of at least 4 members (excludes halogenated alkanes) is 4. The number of aromatic nitrogens is 2. The summed E-state index contributed by atoms with van der Waals surface area (Å²) in [6.45, 7) is 8.03. The third-order valence-electron chi connectivity index (χ3n) is 8.09. The summed E-state index contributed by atoms with van der Waals surface area (Å²) < 4.78 is 25.5. The van der Waals surface area contributed by atoms with Crippen molar-refractivity contribution in [1.82, 2.24) is 36.4 Å². The Morgan fingerprint density at radius 3 is 2.13 bits per heavy atom. The molecule has 1 atom stereocenters. The number of thiol groups is 1. The zero-order chi connectivity index (χ0) is 37.9. The van der Waals surface area contributed by atoms with Crippen molar-refractivity contribution in [3.63, 3.8) is 0 Å². The lowest BCUT2D eigenvalue weighted by atomic mass is 10.1. The normalized spacial score (nSPS) is 11.9. The number of aliphatic hydroxyl groups is 1. The van der Waals surface area contributed by atoms with E-state index in [2.05, 4.69) is 45.8 Å². The number of aliphatic hydroxyl groups excluding tert-OH is 1. The van der Waals surface area contributed by atoms with Crippen LogP contribution in [0.15, 0.2) is 71.8 Å². The fourth-order valence-electron chi connectivity index (χ4n) is 5.17. The van der Waals surface area contributed by atoms with Crippen LogP contribution >= 0.6 is 12.6 Å². The van der Waals surface area contributed by atoms with E-state index < -0.39 is 22.0 Å². The second kappa shape index (κ2) is 22.1. The molecule has 0 spiro atoms. The maximum absolute atomic E-state index is 13.8. The van der Waals surface area contributed by atoms with E-state index in [1.165, 1.54) is 12.1 Å². The Hall–Kier alpha value is -4.06. The minimum Gasteiger partial charge on any atom is -0.396 e. The first-order chi connectivity index (χ1) is 24.9. The molecule has 0 radical (unpaired) electrons. The Balaban J connectivity index is 1.77. The first-order valence-corrected chi connectivity index (χ1v) is 19.5. The Kier molecular flexibility index (Phi) is 18.0. The van der Waals surface area contributed by atoms with Crippen molar-refractivity contribution in [2.45, 2.75) is 56.4 Å². The first-order valence-electron chi connectivity index (χ1n) is 17.4. The lowest BCUT2D eigenvalue weighted by molar-refractivity contribution is -0.125. The number of rotatable bonds is 25. The topological polar surface area (TPSA) is 210 Å². The van der Waals surface area contributed by atoms with Crippen molar-refractivity contribution in [3.8, 4) is 16.9 Å². The quantitative estimate of drug-likeness (QED) is 0.0465. The summed E-state index contributed by atoms with van der Waals surface area (Å²) in [6, 6.07) is 14.8. The van der Waals surface area contributed by atoms with Crippen LogP contribution in [0.3, 0.4) is 0 Å². The maximum Gasteiger partial charge on any atom is 0.239 e. The molecule has 1 heterocycles. The first kappa shape index (κ1) is 42.4. The van der Waals surface area contributed by atoms with Crippen LogP contribution < -0.4 is 31.7 Å². The van der Waals surface area contributed by atoms with Crippen LogP contribution in [0.4, 0.5) is 0 Å². The van der Waals surface area contributed by atoms with Crippen molar-refractivity contribution in [3.05, 3.63) is 78.1 Å². The second-order valence-corrected chi connectivity index (χ2v) is 14.3. The van der Waals surface area contributed by atoms with Gasteiger partial charge < -0.3 is 31.7 Å². The Morgan fingerprint density at radius 2 is 1.50 bits per heavy atom. The number of carbonyl (C=O) groups excluding carboxylic acids is 3. The summed E-state index contributed by atoms with van der Waals surface area (Å²) in [5.74, 6) is -0.971. The van der Waals surface area contributed by atoms with E-state index in [-0.39, 0.29) is 48.6 Å². The minimum absolute atomic E-state index is 0.0324. The average molecular weight is 757 g/mol. The molecular weight excluding hydrogens is 705 g/mol. The molecular formula is C36H52N8O6S2. The molecule has 14 nitrogen and oxygen atoms in total. The van der Waals surface area contributed by atoms with Gasteiger partial charge in [0, 0.05) is 17.9 Å². The van der Waals surface area contributed by atoms with Gasteiger partial charge in [-0.25, -0.2) is 18.2 Å². The Morgan fingerprint density at radius 1 is 0.865 bits per heavy atom. The number of Topliss-reactive ketones (excluding diaryl/α,β-unsaturated/α-hetero) is 1. The molecule has 16 heteroatoms. The largest absolute Gasteiger partial charge is 0.396 e. The summed E-state index contributed by atoms with van der Waals surface area (Å²) in [5, 5.41) is 34.0. The molecule has 3 rings (SSSR count). The summed E-state index contributed by atoms with van der Waals surface area (Å²) in [4.78, 5) is 37.8. The van der Waals surface area contributed by atoms with Gasteiger partial charge in [0.25, 0.3) is 0 Å². The predicted molar refractivity (Wildman–Crippen MR) is 206 cm³/mol. The van der Waals surface area contributed by atoms with Crippen LogP contribution in [0.5, 0.6) is 0 Å². The van der Waals surface area contributed by atoms with Gasteiger partial charge in [-0.3, -0.25) is 14.4 Å². The van der Waals surface area contributed by atoms with Gasteiger partial charge in [-0.2, -0.15) is 17.7 Å². The zero-order valence-corrected chi connectivity index (χ0v) is 31.4. The number of nitrogens with zero attached hydrogens (tertiary/aromatic N) is 2. The minimum atomic E-state index is -3.90. The number of amides is 2. The molecule has 0 bridgehead atoms. The maximum atomic E-state index is 13.8. The number of benzene rings is 2. The van der Waals surface area contributed by atoms with Crippen LogP contribution in [0.1, 0.15) is 55.8 Å². The molecule has 2 amide bonds. The van der Waals surface area contributed by atoms with E-state index in [4.69, 9.17) is 15.3 Å². The van der Waals surface area contributed by atoms with Crippen LogP contribution in [0.2, 0.25) is 0 Å². The smallest absolute Gasteiger partial charge is 0.239 e. The third kappa shape index (κ3) is 14.5. The number of hydrogen-bond acceptors (Lipinski definition) is 11. The highest BCUT2D eigenvalue weighted by Crippen LogP contribution is 2.28. The lowest BCUT2D eigenvalue weighted by Crippen LogP contribution is -2.41. The summed E-state index contributed by atoms with van der Waals surface area (Å²) >= 11 is 3.91. The van der Waals surface area contributed by atoms with Gasteiger partial charge in [0.1, 0.15) is 6.04 Å². The molecule has 3 aromatic rings. The Bertz CT molecular complexity index is 1710. The van der Waals surface area contributed by atoms with Crippen LogP contribution in [0, 0.1) is 6.92 Å². The van der Waals surface area contributed by atoms with Crippen molar-refractivity contribution in [2.24, 2.45) is 5.14 Å². The van der Waals surface area contributed by atoms with E-state index in [0.717, 1.165) is 62.7 Å². The zero-order valence-electron chi connectivity index (χ0n) is 29.7. The average Bonchev–Trinajstić information content (AvgIpc) is 3.57. The number of aryl methyl sites for hydroxylation is 1. The van der Waals surface area contributed by atoms with E-state index >= 15 is 0 Å². The van der Waals surface area contributed by atoms with Crippen LogP contribution in [-0.2, 0) is 24.4 Å². The third-order valence-corrected chi connectivity index (χ3v) is 9.31. The highest BCUT2D eigenvalue weighted by atomic mass is 32.2. The van der Waals surface area contributed by atoms with E-state index in [0.29, 0.717) is 29.3 Å². The van der Waals surface area contributed by atoms with Crippen molar-refractivity contribution in [2.75, 3.05) is 51.6 Å². The molecule has 0 saturated heterocycles. The van der Waals surface area contributed by atoms with Crippen molar-refractivity contribution < 1.29 is 27.9 Å². The summed E-state index contributed by atoms with van der Waals surface area (Å²) in [6.07, 6.45) is 5.53. The number of nitrogens with two attached hydrogens (primary N) is 1. The van der Waals surface area contributed by atoms with E-state index in [1.807, 2.05) is 37.3 Å². The molecule has 0 fully saturated rings. The molecule has 52 heavy (non-hydrogen) atoms. The summed E-state index contributed by atoms with van der Waals surface area (Å²) in [7, 11) is -3.90. The van der Waals surface area contributed by atoms with Crippen molar-refractivity contribution >= 4 is 40.2 Å². The molecule has 1 unspecified atom stereocenters. The van der Waals surface area contributed by atoms with Crippen LogP contribution in [-0.4, -0.2) is 92.5 Å². The van der Waals surface area contributed by atoms with Gasteiger partial charge in [-0.1, -0.05) is 42.8 Å². The molecule has 284 valence electrons. The van der Waals surface area contributed by atoms with Gasteiger partial charge >= 0.3 is 0 Å². The standard InChI is InChI=1S/C36H52N8O6S2/c1-26-9-11-28(12-10-26)32-21-31(43-44(32)29-13-15-30(16-14-29)52(37,49)50)36(39-19-7-3-5-17-38-18-6-4-8-20-45)33(46)23-42-34(47)24-40-27(2)22-41-35(48)25-51/h9-16,21,36,38-40,45,51H,2-8,17-20,22-25H2,1H3,(H,41,48)(H,42,47)(H2,37,49,50). The number of carbonyl (C=O) groups is 3. The highest BCUT2D eigenvalue weighted by Gasteiger charge is 2.26. The fourth-order valence-corrected chi connectivity index (χ4v) is 5.80.